The number of likely N-dealkylation sites (tertiary alicyclic amines) is 1. The molecule has 0 N–H and O–H groups in total. The van der Waals surface area contributed by atoms with Crippen LogP contribution in [0.3, 0.4) is 0 Å². The third-order valence-electron chi connectivity index (χ3n) is 4.48. The van der Waals surface area contributed by atoms with E-state index in [4.69, 9.17) is 0 Å². The van der Waals surface area contributed by atoms with E-state index in [9.17, 15) is 4.79 Å². The van der Waals surface area contributed by atoms with Gasteiger partial charge in [0.15, 0.2) is 5.65 Å². The van der Waals surface area contributed by atoms with Crippen LogP contribution in [-0.4, -0.2) is 44.8 Å². The molecular weight excluding hydrogens is 314 g/mol. The van der Waals surface area contributed by atoms with Crippen molar-refractivity contribution < 1.29 is 4.79 Å². The third-order valence-corrected chi connectivity index (χ3v) is 4.48. The number of amidine groups is 1. The summed E-state index contributed by atoms with van der Waals surface area (Å²) in [5.41, 5.74) is 4.04. The molecular formula is C19H23N5O. The topological polar surface area (TPSA) is 62.9 Å². The van der Waals surface area contributed by atoms with E-state index in [-0.39, 0.29) is 5.91 Å². The second-order valence-corrected chi connectivity index (χ2v) is 6.05. The van der Waals surface area contributed by atoms with E-state index in [0.29, 0.717) is 6.42 Å². The number of aliphatic imine (C=N–C) groups is 1. The van der Waals surface area contributed by atoms with Crippen molar-refractivity contribution in [2.45, 2.75) is 33.1 Å². The summed E-state index contributed by atoms with van der Waals surface area (Å²) in [4.78, 5) is 22.7. The molecule has 130 valence electrons. The van der Waals surface area contributed by atoms with E-state index >= 15 is 0 Å². The highest BCUT2D eigenvalue weighted by Crippen LogP contribution is 2.20. The zero-order valence-corrected chi connectivity index (χ0v) is 14.9. The van der Waals surface area contributed by atoms with Gasteiger partial charge in [-0.25, -0.2) is 9.50 Å². The minimum Gasteiger partial charge on any atom is -0.297 e. The second kappa shape index (κ2) is 7.42. The lowest BCUT2D eigenvalue weighted by atomic mass is 10.0. The minimum atomic E-state index is 0.152. The molecule has 2 aromatic rings. The molecule has 6 nitrogen and oxygen atoms in total. The first kappa shape index (κ1) is 17.1. The highest BCUT2D eigenvalue weighted by molar-refractivity contribution is 6.10. The van der Waals surface area contributed by atoms with E-state index in [1.165, 1.54) is 0 Å². The van der Waals surface area contributed by atoms with E-state index in [0.717, 1.165) is 47.6 Å². The van der Waals surface area contributed by atoms with E-state index in [2.05, 4.69) is 28.1 Å². The molecule has 3 rings (SSSR count). The van der Waals surface area contributed by atoms with Gasteiger partial charge in [0, 0.05) is 43.5 Å². The average Bonchev–Trinajstić information content (AvgIpc) is 3.23. The smallest absolute Gasteiger partial charge is 0.228 e. The molecule has 1 fully saturated rings. The molecule has 25 heavy (non-hydrogen) atoms. The lowest BCUT2D eigenvalue weighted by Gasteiger charge is -2.21. The van der Waals surface area contributed by atoms with Crippen LogP contribution in [0.2, 0.25) is 0 Å². The summed E-state index contributed by atoms with van der Waals surface area (Å²) in [6.07, 6.45) is 11.9. The number of rotatable bonds is 4. The number of hydrogen-bond acceptors (Lipinski definition) is 4. The maximum absolute atomic E-state index is 12.1. The molecule has 1 saturated heterocycles. The van der Waals surface area contributed by atoms with Gasteiger partial charge in [0.05, 0.1) is 6.20 Å². The number of amides is 1. The Bertz CT molecular complexity index is 875. The largest absolute Gasteiger partial charge is 0.297 e. The average molecular weight is 337 g/mol. The molecule has 0 atom stereocenters. The summed E-state index contributed by atoms with van der Waals surface area (Å²) < 4.78 is 1.77. The van der Waals surface area contributed by atoms with Crippen LogP contribution >= 0.6 is 0 Å². The van der Waals surface area contributed by atoms with Crippen molar-refractivity contribution in [1.82, 2.24) is 19.5 Å². The molecule has 1 amide bonds. The Labute approximate surface area is 147 Å². The van der Waals surface area contributed by atoms with Gasteiger partial charge in [0.25, 0.3) is 0 Å². The fourth-order valence-corrected chi connectivity index (χ4v) is 3.19. The van der Waals surface area contributed by atoms with Gasteiger partial charge < -0.3 is 0 Å². The number of fused-ring (bicyclic) bond motifs is 1. The monoisotopic (exact) mass is 337 g/mol. The standard InChI is InChI=1S/C19H23N5O/c1-4-16(19(20-3)23-11-5-7-17(23)25)14(2)8-9-15-13-22-24-12-6-10-21-18(15)24/h4,6,8,10,12-13H,5,7,9,11H2,1-3H3/b14-8-,16-4+,20-19?. The number of aromatic nitrogens is 3. The number of carbonyl (C=O) groups excluding carboxylic acids is 1. The number of nitrogens with zero attached hydrogens (tertiary/aromatic N) is 5. The quantitative estimate of drug-likeness (QED) is 0.490. The van der Waals surface area contributed by atoms with Gasteiger partial charge >= 0.3 is 0 Å². The Morgan fingerprint density at radius 3 is 2.96 bits per heavy atom. The predicted molar refractivity (Wildman–Crippen MR) is 98.5 cm³/mol. The van der Waals surface area contributed by atoms with Crippen molar-refractivity contribution in [3.63, 3.8) is 0 Å². The lowest BCUT2D eigenvalue weighted by molar-refractivity contribution is -0.124. The molecule has 0 spiro atoms. The van der Waals surface area contributed by atoms with Crippen LogP contribution in [0.1, 0.15) is 32.3 Å². The third kappa shape index (κ3) is 3.38. The summed E-state index contributed by atoms with van der Waals surface area (Å²) >= 11 is 0. The van der Waals surface area contributed by atoms with Crippen LogP contribution in [0.15, 0.2) is 52.9 Å². The minimum absolute atomic E-state index is 0.152. The van der Waals surface area contributed by atoms with Crippen molar-refractivity contribution in [3.05, 3.63) is 53.5 Å². The van der Waals surface area contributed by atoms with Gasteiger partial charge in [-0.2, -0.15) is 5.10 Å². The van der Waals surface area contributed by atoms with Gasteiger partial charge in [-0.05, 0) is 38.3 Å². The maximum Gasteiger partial charge on any atom is 0.228 e. The molecule has 0 aliphatic carbocycles. The Balaban J connectivity index is 1.83. The zero-order chi connectivity index (χ0) is 17.8. The summed E-state index contributed by atoms with van der Waals surface area (Å²) in [5, 5.41) is 4.32. The molecule has 1 aliphatic rings. The van der Waals surface area contributed by atoms with Crippen molar-refractivity contribution in [1.29, 1.82) is 0 Å². The van der Waals surface area contributed by atoms with Crippen LogP contribution in [0, 0.1) is 0 Å². The van der Waals surface area contributed by atoms with Crippen LogP contribution in [0.4, 0.5) is 0 Å². The fraction of sp³-hybridized carbons (Fsp3) is 0.368. The first-order valence-corrected chi connectivity index (χ1v) is 8.54. The van der Waals surface area contributed by atoms with Crippen molar-refractivity contribution >= 4 is 17.4 Å². The SMILES string of the molecule is C/C=C(C(=NC)N1CCCC1=O)\C(C)=C/Cc1cnn2cccnc12. The molecule has 1 aliphatic heterocycles. The zero-order valence-electron chi connectivity index (χ0n) is 14.9. The lowest BCUT2D eigenvalue weighted by Crippen LogP contribution is -2.33. The highest BCUT2D eigenvalue weighted by Gasteiger charge is 2.26. The van der Waals surface area contributed by atoms with Gasteiger partial charge in [-0.1, -0.05) is 12.2 Å². The van der Waals surface area contributed by atoms with E-state index in [1.54, 1.807) is 22.7 Å². The molecule has 0 aromatic carbocycles. The van der Waals surface area contributed by atoms with Crippen LogP contribution in [0.25, 0.3) is 5.65 Å². The molecule has 0 unspecified atom stereocenters. The molecule has 3 heterocycles. The van der Waals surface area contributed by atoms with E-state index < -0.39 is 0 Å². The Morgan fingerprint density at radius 1 is 1.44 bits per heavy atom. The van der Waals surface area contributed by atoms with Gasteiger partial charge in [-0.3, -0.25) is 14.7 Å². The van der Waals surface area contributed by atoms with E-state index in [1.807, 2.05) is 31.5 Å². The number of carbonyl (C=O) groups is 1. The number of hydrogen-bond donors (Lipinski definition) is 0. The Morgan fingerprint density at radius 2 is 2.28 bits per heavy atom. The van der Waals surface area contributed by atoms with Crippen LogP contribution < -0.4 is 0 Å². The summed E-state index contributed by atoms with van der Waals surface area (Å²) in [5.74, 6) is 0.913. The van der Waals surface area contributed by atoms with Gasteiger partial charge in [-0.15, -0.1) is 0 Å². The molecule has 0 saturated carbocycles. The molecule has 0 radical (unpaired) electrons. The summed E-state index contributed by atoms with van der Waals surface area (Å²) in [6.45, 7) is 4.78. The number of allylic oxidation sites excluding steroid dienone is 2. The van der Waals surface area contributed by atoms with Crippen LogP contribution in [0.5, 0.6) is 0 Å². The van der Waals surface area contributed by atoms with Crippen molar-refractivity contribution in [2.75, 3.05) is 13.6 Å². The Kier molecular flexibility index (Phi) is 5.07. The summed E-state index contributed by atoms with van der Waals surface area (Å²) in [7, 11) is 1.74. The van der Waals surface area contributed by atoms with Gasteiger partial charge in [0.1, 0.15) is 5.84 Å². The first-order chi connectivity index (χ1) is 12.2. The molecule has 6 heteroatoms. The summed E-state index contributed by atoms with van der Waals surface area (Å²) in [6, 6.07) is 1.86. The maximum atomic E-state index is 12.1. The first-order valence-electron chi connectivity index (χ1n) is 8.54. The normalized spacial score (nSPS) is 17.0. The fourth-order valence-electron chi connectivity index (χ4n) is 3.19. The Hall–Kier alpha value is -2.76. The molecule has 0 bridgehead atoms. The van der Waals surface area contributed by atoms with Crippen molar-refractivity contribution in [2.24, 2.45) is 4.99 Å². The predicted octanol–water partition coefficient (Wildman–Crippen LogP) is 2.82. The van der Waals surface area contributed by atoms with Crippen molar-refractivity contribution in [3.8, 4) is 0 Å². The second-order valence-electron chi connectivity index (χ2n) is 6.05. The molecule has 2 aromatic heterocycles. The van der Waals surface area contributed by atoms with Crippen LogP contribution in [-0.2, 0) is 11.2 Å². The van der Waals surface area contributed by atoms with Gasteiger partial charge in [0.2, 0.25) is 5.91 Å². The highest BCUT2D eigenvalue weighted by atomic mass is 16.2.